The number of carbonyl (C=O) groups excluding carboxylic acids is 1. The summed E-state index contributed by atoms with van der Waals surface area (Å²) in [5, 5.41) is 7.53. The number of nitrogens with zero attached hydrogens (tertiary/aromatic N) is 3. The summed E-state index contributed by atoms with van der Waals surface area (Å²) in [5.41, 5.74) is 6.36. The number of nitrogens with one attached hydrogen (secondary N) is 1. The molecule has 1 unspecified atom stereocenters. The van der Waals surface area contributed by atoms with Gasteiger partial charge < -0.3 is 10.2 Å². The van der Waals surface area contributed by atoms with Crippen LogP contribution < -0.4 is 10.2 Å². The van der Waals surface area contributed by atoms with Gasteiger partial charge in [-0.3, -0.25) is 9.48 Å². The van der Waals surface area contributed by atoms with Gasteiger partial charge in [0.25, 0.3) is 5.91 Å². The Bertz CT molecular complexity index is 1020. The lowest BCUT2D eigenvalue weighted by Gasteiger charge is -2.32. The second-order valence-electron chi connectivity index (χ2n) is 8.82. The van der Waals surface area contributed by atoms with Crippen molar-refractivity contribution in [3.63, 3.8) is 0 Å². The molecule has 2 aromatic carbocycles. The summed E-state index contributed by atoms with van der Waals surface area (Å²) in [6.07, 6.45) is 2.59. The normalized spacial score (nSPS) is 16.4. The summed E-state index contributed by atoms with van der Waals surface area (Å²) in [6, 6.07) is 18.4. The number of rotatable bonds is 6. The van der Waals surface area contributed by atoms with E-state index in [1.54, 1.807) is 0 Å². The van der Waals surface area contributed by atoms with Gasteiger partial charge in [-0.1, -0.05) is 31.2 Å². The number of hydrogen-bond donors (Lipinski definition) is 1. The molecule has 0 aliphatic carbocycles. The van der Waals surface area contributed by atoms with Crippen LogP contribution in [0.1, 0.15) is 52.6 Å². The Morgan fingerprint density at radius 2 is 1.77 bits per heavy atom. The fraction of sp³-hybridized carbons (Fsp3) is 0.385. The second-order valence-corrected chi connectivity index (χ2v) is 8.82. The molecule has 5 heteroatoms. The number of anilines is 1. The summed E-state index contributed by atoms with van der Waals surface area (Å²) in [4.78, 5) is 15.0. The van der Waals surface area contributed by atoms with Gasteiger partial charge >= 0.3 is 0 Å². The lowest BCUT2D eigenvalue weighted by Crippen LogP contribution is -2.34. The van der Waals surface area contributed by atoms with Crippen LogP contribution in [0, 0.1) is 19.8 Å². The average molecular weight is 417 g/mol. The minimum atomic E-state index is -0.0494. The van der Waals surface area contributed by atoms with Crippen molar-refractivity contribution in [2.75, 3.05) is 18.0 Å². The number of amides is 1. The van der Waals surface area contributed by atoms with Gasteiger partial charge in [-0.15, -0.1) is 0 Å². The van der Waals surface area contributed by atoms with E-state index in [9.17, 15) is 4.79 Å². The first-order valence-electron chi connectivity index (χ1n) is 11.2. The highest BCUT2D eigenvalue weighted by molar-refractivity contribution is 5.94. The Morgan fingerprint density at radius 1 is 1.06 bits per heavy atom. The van der Waals surface area contributed by atoms with E-state index in [1.807, 2.05) is 35.9 Å². The summed E-state index contributed by atoms with van der Waals surface area (Å²) < 4.78 is 1.98. The zero-order valence-electron chi connectivity index (χ0n) is 18.8. The maximum Gasteiger partial charge on any atom is 0.251 e. The molecule has 4 rings (SSSR count). The van der Waals surface area contributed by atoms with Crippen molar-refractivity contribution < 1.29 is 4.79 Å². The Morgan fingerprint density at radius 3 is 2.42 bits per heavy atom. The third-order valence-corrected chi connectivity index (χ3v) is 6.06. The monoisotopic (exact) mass is 416 g/mol. The fourth-order valence-corrected chi connectivity index (χ4v) is 4.30. The highest BCUT2D eigenvalue weighted by Crippen LogP contribution is 2.23. The standard InChI is InChI=1S/C26H32N4O/c1-19-5-4-14-29(17-19)25-12-8-22(9-13-25)16-27-26(31)24-10-6-23(7-11-24)18-30-21(3)15-20(2)28-30/h6-13,15,19H,4-5,14,16-18H2,1-3H3,(H,27,31). The molecular formula is C26H32N4O. The van der Waals surface area contributed by atoms with Gasteiger partial charge in [0.2, 0.25) is 0 Å². The van der Waals surface area contributed by atoms with Gasteiger partial charge in [0.05, 0.1) is 12.2 Å². The van der Waals surface area contributed by atoms with Crippen LogP contribution in [-0.2, 0) is 13.1 Å². The number of aromatic nitrogens is 2. The van der Waals surface area contributed by atoms with E-state index in [1.165, 1.54) is 18.5 Å². The highest BCUT2D eigenvalue weighted by atomic mass is 16.1. The quantitative estimate of drug-likeness (QED) is 0.633. The van der Waals surface area contributed by atoms with Gasteiger partial charge in [-0.05, 0) is 74.1 Å². The van der Waals surface area contributed by atoms with Gasteiger partial charge in [0.15, 0.2) is 0 Å². The third-order valence-electron chi connectivity index (χ3n) is 6.06. The largest absolute Gasteiger partial charge is 0.371 e. The predicted octanol–water partition coefficient (Wildman–Crippen LogP) is 4.71. The summed E-state index contributed by atoms with van der Waals surface area (Å²) in [5.74, 6) is 0.707. The topological polar surface area (TPSA) is 50.2 Å². The third kappa shape index (κ3) is 5.35. The summed E-state index contributed by atoms with van der Waals surface area (Å²) in [6.45, 7) is 9.89. The molecule has 3 aromatic rings. The van der Waals surface area contributed by atoms with Crippen molar-refractivity contribution in [2.24, 2.45) is 5.92 Å². The second kappa shape index (κ2) is 9.38. The molecule has 0 saturated carbocycles. The smallest absolute Gasteiger partial charge is 0.251 e. The maximum absolute atomic E-state index is 12.6. The molecule has 1 saturated heterocycles. The van der Waals surface area contributed by atoms with Crippen LogP contribution in [0.4, 0.5) is 5.69 Å². The molecule has 0 spiro atoms. The van der Waals surface area contributed by atoms with Crippen LogP contribution in [-0.4, -0.2) is 28.8 Å². The lowest BCUT2D eigenvalue weighted by molar-refractivity contribution is 0.0951. The van der Waals surface area contributed by atoms with Crippen LogP contribution >= 0.6 is 0 Å². The first-order valence-corrected chi connectivity index (χ1v) is 11.2. The van der Waals surface area contributed by atoms with Crippen molar-refractivity contribution in [1.82, 2.24) is 15.1 Å². The van der Waals surface area contributed by atoms with Crippen LogP contribution in [0.3, 0.4) is 0 Å². The highest BCUT2D eigenvalue weighted by Gasteiger charge is 2.16. The zero-order chi connectivity index (χ0) is 21.8. The SMILES string of the molecule is Cc1cc(C)n(Cc2ccc(C(=O)NCc3ccc(N4CCCC(C)C4)cc3)cc2)n1. The number of aryl methyl sites for hydroxylation is 2. The average Bonchev–Trinajstić information content (AvgIpc) is 3.09. The molecule has 1 atom stereocenters. The summed E-state index contributed by atoms with van der Waals surface area (Å²) in [7, 11) is 0. The number of carbonyl (C=O) groups is 1. The number of hydrogen-bond acceptors (Lipinski definition) is 3. The van der Waals surface area contributed by atoms with E-state index < -0.39 is 0 Å². The Labute approximate surface area is 185 Å². The van der Waals surface area contributed by atoms with Gasteiger partial charge in [-0.25, -0.2) is 0 Å². The number of piperidine rings is 1. The first-order chi connectivity index (χ1) is 15.0. The molecule has 1 aliphatic rings. The van der Waals surface area contributed by atoms with E-state index in [4.69, 9.17) is 0 Å². The van der Waals surface area contributed by atoms with E-state index in [0.717, 1.165) is 41.5 Å². The van der Waals surface area contributed by atoms with Crippen molar-refractivity contribution in [2.45, 2.75) is 46.7 Å². The van der Waals surface area contributed by atoms with Crippen LogP contribution in [0.2, 0.25) is 0 Å². The molecule has 1 N–H and O–H groups in total. The minimum absolute atomic E-state index is 0.0494. The van der Waals surface area contributed by atoms with E-state index in [-0.39, 0.29) is 5.91 Å². The first kappa shape index (κ1) is 21.2. The van der Waals surface area contributed by atoms with Crippen LogP contribution in [0.25, 0.3) is 0 Å². The maximum atomic E-state index is 12.6. The van der Waals surface area contributed by atoms with Crippen molar-refractivity contribution in [1.29, 1.82) is 0 Å². The van der Waals surface area contributed by atoms with Crippen LogP contribution in [0.15, 0.2) is 54.6 Å². The predicted molar refractivity (Wildman–Crippen MR) is 125 cm³/mol. The molecule has 2 heterocycles. The van der Waals surface area contributed by atoms with Crippen LogP contribution in [0.5, 0.6) is 0 Å². The molecule has 31 heavy (non-hydrogen) atoms. The van der Waals surface area contributed by atoms with E-state index >= 15 is 0 Å². The van der Waals surface area contributed by atoms with Crippen molar-refractivity contribution in [3.8, 4) is 0 Å². The number of benzene rings is 2. The van der Waals surface area contributed by atoms with Gasteiger partial charge in [0.1, 0.15) is 0 Å². The Balaban J connectivity index is 1.30. The molecule has 1 aromatic heterocycles. The minimum Gasteiger partial charge on any atom is -0.371 e. The van der Waals surface area contributed by atoms with Gasteiger partial charge in [0, 0.05) is 36.6 Å². The molecule has 0 bridgehead atoms. The molecule has 1 aliphatic heterocycles. The van der Waals surface area contributed by atoms with E-state index in [0.29, 0.717) is 18.7 Å². The summed E-state index contributed by atoms with van der Waals surface area (Å²) >= 11 is 0. The zero-order valence-corrected chi connectivity index (χ0v) is 18.8. The van der Waals surface area contributed by atoms with Crippen molar-refractivity contribution >= 4 is 11.6 Å². The van der Waals surface area contributed by atoms with Gasteiger partial charge in [-0.2, -0.15) is 5.10 Å². The fourth-order valence-electron chi connectivity index (χ4n) is 4.30. The molecule has 162 valence electrons. The van der Waals surface area contributed by atoms with E-state index in [2.05, 4.69) is 59.5 Å². The molecular weight excluding hydrogens is 384 g/mol. The van der Waals surface area contributed by atoms with Crippen molar-refractivity contribution in [3.05, 3.63) is 82.7 Å². The molecule has 1 amide bonds. The lowest BCUT2D eigenvalue weighted by atomic mass is 9.99. The Kier molecular flexibility index (Phi) is 6.40. The molecule has 5 nitrogen and oxygen atoms in total. The Hall–Kier alpha value is -3.08. The molecule has 0 radical (unpaired) electrons. The molecule has 1 fully saturated rings.